The van der Waals surface area contributed by atoms with Gasteiger partial charge in [-0.05, 0) is 0 Å². The van der Waals surface area contributed by atoms with Crippen LogP contribution < -0.4 is 0 Å². The molecule has 0 amide bonds. The van der Waals surface area contributed by atoms with E-state index in [-0.39, 0.29) is 12.8 Å². The zero-order valence-electron chi connectivity index (χ0n) is 5.90. The van der Waals surface area contributed by atoms with E-state index in [1.807, 2.05) is 0 Å². The van der Waals surface area contributed by atoms with Crippen LogP contribution in [0.4, 0.5) is 0 Å². The summed E-state index contributed by atoms with van der Waals surface area (Å²) in [7, 11) is 1.17. The van der Waals surface area contributed by atoms with Crippen LogP contribution in [0.2, 0.25) is 0 Å². The molecule has 0 aliphatic carbocycles. The molecular formula is C5H8O6. The van der Waals surface area contributed by atoms with Gasteiger partial charge in [-0.3, -0.25) is 4.89 Å². The van der Waals surface area contributed by atoms with Crippen molar-refractivity contribution < 1.29 is 29.5 Å². The first kappa shape index (κ1) is 9.86. The molecule has 0 rings (SSSR count). The highest BCUT2D eigenvalue weighted by molar-refractivity contribution is 5.76. The van der Waals surface area contributed by atoms with Gasteiger partial charge in [0.05, 0.1) is 20.0 Å². The first-order chi connectivity index (χ1) is 5.20. The first-order valence-electron chi connectivity index (χ1n) is 2.78. The van der Waals surface area contributed by atoms with Crippen LogP contribution in [0.1, 0.15) is 12.8 Å². The fourth-order valence-corrected chi connectivity index (χ4v) is 0.384. The second-order valence-electron chi connectivity index (χ2n) is 1.59. The molecule has 0 aromatic carbocycles. The van der Waals surface area contributed by atoms with Crippen molar-refractivity contribution in [2.24, 2.45) is 0 Å². The van der Waals surface area contributed by atoms with Crippen LogP contribution in [-0.4, -0.2) is 24.3 Å². The Morgan fingerprint density at radius 2 is 1.82 bits per heavy atom. The minimum atomic E-state index is -0.891. The van der Waals surface area contributed by atoms with E-state index in [9.17, 15) is 9.59 Å². The lowest BCUT2D eigenvalue weighted by atomic mass is 10.3. The maximum Gasteiger partial charge on any atom is 0.342 e. The van der Waals surface area contributed by atoms with E-state index in [1.165, 1.54) is 7.11 Å². The van der Waals surface area contributed by atoms with Crippen LogP contribution in [0.5, 0.6) is 0 Å². The third-order valence-corrected chi connectivity index (χ3v) is 0.811. The van der Waals surface area contributed by atoms with Crippen molar-refractivity contribution in [2.45, 2.75) is 12.8 Å². The highest BCUT2D eigenvalue weighted by atomic mass is 17.2. The molecule has 6 heteroatoms. The van der Waals surface area contributed by atoms with Crippen LogP contribution in [-0.2, 0) is 24.3 Å². The summed E-state index contributed by atoms with van der Waals surface area (Å²) < 4.78 is 0. The molecule has 0 aliphatic heterocycles. The standard InChI is InChI=1S/C5H8O6/c1-9-11-5(7)3-2-4(6)10-8/h8H,2-3H2,1H3. The van der Waals surface area contributed by atoms with E-state index in [0.717, 1.165) is 0 Å². The molecule has 0 saturated heterocycles. The lowest BCUT2D eigenvalue weighted by Gasteiger charge is -1.96. The molecule has 0 aromatic rings. The van der Waals surface area contributed by atoms with Crippen LogP contribution in [0.15, 0.2) is 0 Å². The average Bonchev–Trinajstić information content (AvgIpc) is 2.01. The van der Waals surface area contributed by atoms with E-state index in [4.69, 9.17) is 5.26 Å². The van der Waals surface area contributed by atoms with Gasteiger partial charge in [-0.1, -0.05) is 0 Å². The zero-order chi connectivity index (χ0) is 8.69. The fraction of sp³-hybridized carbons (Fsp3) is 0.600. The molecule has 1 N–H and O–H groups in total. The normalized spacial score (nSPS) is 8.91. The topological polar surface area (TPSA) is 82.1 Å². The van der Waals surface area contributed by atoms with Gasteiger partial charge >= 0.3 is 11.9 Å². The first-order valence-corrected chi connectivity index (χ1v) is 2.78. The molecule has 0 radical (unpaired) electrons. The van der Waals surface area contributed by atoms with Crippen molar-refractivity contribution in [1.29, 1.82) is 0 Å². The number of carbonyl (C=O) groups is 2. The summed E-state index contributed by atoms with van der Waals surface area (Å²) in [6.07, 6.45) is -0.425. The maximum atomic E-state index is 10.4. The molecular weight excluding hydrogens is 156 g/mol. The fourth-order valence-electron chi connectivity index (χ4n) is 0.384. The maximum absolute atomic E-state index is 10.4. The lowest BCUT2D eigenvalue weighted by Crippen LogP contribution is -2.08. The highest BCUT2D eigenvalue weighted by Gasteiger charge is 2.08. The van der Waals surface area contributed by atoms with Crippen molar-refractivity contribution in [1.82, 2.24) is 0 Å². The molecule has 0 saturated carbocycles. The third-order valence-electron chi connectivity index (χ3n) is 0.811. The zero-order valence-corrected chi connectivity index (χ0v) is 5.90. The van der Waals surface area contributed by atoms with Crippen LogP contribution in [0.3, 0.4) is 0 Å². The number of hydrogen-bond acceptors (Lipinski definition) is 6. The molecule has 0 bridgehead atoms. The van der Waals surface area contributed by atoms with Crippen molar-refractivity contribution in [2.75, 3.05) is 7.11 Å². The van der Waals surface area contributed by atoms with Gasteiger partial charge < -0.3 is 4.89 Å². The smallest absolute Gasteiger partial charge is 0.301 e. The molecule has 64 valence electrons. The van der Waals surface area contributed by atoms with Gasteiger partial charge in [-0.25, -0.2) is 9.59 Å². The third kappa shape index (κ3) is 5.31. The Kier molecular flexibility index (Phi) is 5.05. The van der Waals surface area contributed by atoms with Gasteiger partial charge in [0.2, 0.25) is 0 Å². The molecule has 11 heavy (non-hydrogen) atoms. The van der Waals surface area contributed by atoms with E-state index >= 15 is 0 Å². The molecule has 0 fully saturated rings. The SMILES string of the molecule is COOC(=O)CCC(=O)OO. The summed E-state index contributed by atoms with van der Waals surface area (Å²) in [5, 5.41) is 7.74. The summed E-state index contributed by atoms with van der Waals surface area (Å²) in [6.45, 7) is 0. The summed E-state index contributed by atoms with van der Waals surface area (Å²) >= 11 is 0. The Hall–Kier alpha value is -1.14. The molecule has 0 atom stereocenters. The molecule has 6 nitrogen and oxygen atoms in total. The predicted octanol–water partition coefficient (Wildman–Crippen LogP) is -0.113. The summed E-state index contributed by atoms with van der Waals surface area (Å²) in [6, 6.07) is 0. The van der Waals surface area contributed by atoms with Crippen LogP contribution in [0.25, 0.3) is 0 Å². The Labute approximate surface area is 62.5 Å². The lowest BCUT2D eigenvalue weighted by molar-refractivity contribution is -0.256. The number of rotatable bonds is 4. The second kappa shape index (κ2) is 5.63. The van der Waals surface area contributed by atoms with Gasteiger partial charge in [0.15, 0.2) is 0 Å². The van der Waals surface area contributed by atoms with E-state index in [2.05, 4.69) is 14.7 Å². The highest BCUT2D eigenvalue weighted by Crippen LogP contribution is 1.94. The van der Waals surface area contributed by atoms with Crippen LogP contribution >= 0.6 is 0 Å². The van der Waals surface area contributed by atoms with Crippen molar-refractivity contribution in [3.8, 4) is 0 Å². The number of hydrogen-bond donors (Lipinski definition) is 1. The quantitative estimate of drug-likeness (QED) is 0.461. The van der Waals surface area contributed by atoms with E-state index in [1.54, 1.807) is 0 Å². The van der Waals surface area contributed by atoms with Crippen molar-refractivity contribution in [3.63, 3.8) is 0 Å². The Balaban J connectivity index is 3.38. The molecule has 0 aliphatic rings. The minimum Gasteiger partial charge on any atom is -0.301 e. The summed E-state index contributed by atoms with van der Waals surface area (Å²) in [4.78, 5) is 31.9. The van der Waals surface area contributed by atoms with Crippen molar-refractivity contribution in [3.05, 3.63) is 0 Å². The molecule has 0 heterocycles. The molecule has 0 aromatic heterocycles. The summed E-state index contributed by atoms with van der Waals surface area (Å²) in [5.41, 5.74) is 0. The molecule has 0 spiro atoms. The van der Waals surface area contributed by atoms with E-state index < -0.39 is 11.9 Å². The van der Waals surface area contributed by atoms with Crippen LogP contribution in [0, 0.1) is 0 Å². The second-order valence-corrected chi connectivity index (χ2v) is 1.59. The van der Waals surface area contributed by atoms with Crippen molar-refractivity contribution >= 4 is 11.9 Å². The molecule has 0 unspecified atom stereocenters. The van der Waals surface area contributed by atoms with Gasteiger partial charge in [0, 0.05) is 0 Å². The Morgan fingerprint density at radius 3 is 2.27 bits per heavy atom. The van der Waals surface area contributed by atoms with E-state index in [0.29, 0.717) is 0 Å². The van der Waals surface area contributed by atoms with Gasteiger partial charge in [-0.2, -0.15) is 10.1 Å². The average molecular weight is 164 g/mol. The van der Waals surface area contributed by atoms with Gasteiger partial charge in [0.25, 0.3) is 0 Å². The van der Waals surface area contributed by atoms with Gasteiger partial charge in [-0.15, -0.1) is 0 Å². The Bertz CT molecular complexity index is 142. The minimum absolute atomic E-state index is 0.187. The van der Waals surface area contributed by atoms with Gasteiger partial charge in [0.1, 0.15) is 0 Å². The number of carbonyl (C=O) groups excluding carboxylic acids is 2. The predicted molar refractivity (Wildman–Crippen MR) is 31.1 cm³/mol. The largest absolute Gasteiger partial charge is 0.342 e. The Morgan fingerprint density at radius 1 is 1.27 bits per heavy atom. The monoisotopic (exact) mass is 164 g/mol. The summed E-state index contributed by atoms with van der Waals surface area (Å²) in [5.74, 6) is -1.59.